The van der Waals surface area contributed by atoms with Gasteiger partial charge in [0, 0.05) is 18.4 Å². The molecule has 2 unspecified atom stereocenters. The molecule has 2 nitrogen and oxygen atoms in total. The van der Waals surface area contributed by atoms with Gasteiger partial charge in [0.1, 0.15) is 0 Å². The summed E-state index contributed by atoms with van der Waals surface area (Å²) >= 11 is 0. The van der Waals surface area contributed by atoms with E-state index in [1.165, 1.54) is 12.0 Å². The largest absolute Gasteiger partial charge is 0.324 e. The molecule has 0 aliphatic carbocycles. The highest BCUT2D eigenvalue weighted by Crippen LogP contribution is 2.29. The maximum absolute atomic E-state index is 6.24. The van der Waals surface area contributed by atoms with Crippen LogP contribution in [0.1, 0.15) is 57.7 Å². The Labute approximate surface area is 106 Å². The molecule has 1 rings (SSSR count). The third-order valence-electron chi connectivity index (χ3n) is 2.94. The summed E-state index contributed by atoms with van der Waals surface area (Å²) in [5, 5.41) is 0. The third kappa shape index (κ3) is 5.31. The molecule has 0 amide bonds. The molecule has 0 bridgehead atoms. The minimum absolute atomic E-state index is 0.111. The zero-order chi connectivity index (χ0) is 13.1. The topological polar surface area (TPSA) is 38.9 Å². The maximum atomic E-state index is 6.24. The molecule has 2 heteroatoms. The Balaban J connectivity index is 2.57. The zero-order valence-electron chi connectivity index (χ0n) is 11.8. The molecule has 1 aromatic rings. The summed E-state index contributed by atoms with van der Waals surface area (Å²) in [4.78, 5) is 4.21. The molecule has 0 spiro atoms. The van der Waals surface area contributed by atoms with Crippen LogP contribution in [0.15, 0.2) is 18.5 Å². The molecule has 0 fully saturated rings. The van der Waals surface area contributed by atoms with E-state index in [9.17, 15) is 0 Å². The van der Waals surface area contributed by atoms with Crippen LogP contribution in [0.25, 0.3) is 0 Å². The molecule has 2 atom stereocenters. The van der Waals surface area contributed by atoms with E-state index in [4.69, 9.17) is 5.73 Å². The molecular formula is C15H26N2. The van der Waals surface area contributed by atoms with Crippen molar-refractivity contribution in [3.8, 4) is 0 Å². The van der Waals surface area contributed by atoms with Crippen molar-refractivity contribution in [2.75, 3.05) is 0 Å². The molecule has 2 N–H and O–H groups in total. The van der Waals surface area contributed by atoms with Gasteiger partial charge >= 0.3 is 0 Å². The van der Waals surface area contributed by atoms with E-state index in [1.807, 2.05) is 12.4 Å². The third-order valence-corrected chi connectivity index (χ3v) is 2.94. The molecule has 0 radical (unpaired) electrons. The van der Waals surface area contributed by atoms with Gasteiger partial charge in [-0.1, -0.05) is 33.8 Å². The fourth-order valence-corrected chi connectivity index (χ4v) is 2.48. The van der Waals surface area contributed by atoms with Crippen LogP contribution in [-0.2, 0) is 0 Å². The zero-order valence-corrected chi connectivity index (χ0v) is 11.8. The molecule has 17 heavy (non-hydrogen) atoms. The first-order chi connectivity index (χ1) is 7.78. The van der Waals surface area contributed by atoms with Crippen molar-refractivity contribution in [2.24, 2.45) is 17.1 Å². The molecule has 0 aromatic carbocycles. The first-order valence-corrected chi connectivity index (χ1v) is 6.45. The van der Waals surface area contributed by atoms with Crippen LogP contribution in [0.4, 0.5) is 0 Å². The minimum atomic E-state index is 0.111. The summed E-state index contributed by atoms with van der Waals surface area (Å²) in [6, 6.07) is 2.25. The second kappa shape index (κ2) is 5.63. The first kappa shape index (κ1) is 14.2. The van der Waals surface area contributed by atoms with Crippen LogP contribution in [0.5, 0.6) is 0 Å². The van der Waals surface area contributed by atoms with Gasteiger partial charge in [0.25, 0.3) is 0 Å². The number of pyridine rings is 1. The van der Waals surface area contributed by atoms with Crippen molar-refractivity contribution in [3.05, 3.63) is 29.6 Å². The number of nitrogens with two attached hydrogens (primary N) is 1. The van der Waals surface area contributed by atoms with Gasteiger partial charge in [-0.25, -0.2) is 0 Å². The smallest absolute Gasteiger partial charge is 0.0315 e. The summed E-state index contributed by atoms with van der Waals surface area (Å²) in [6.07, 6.45) is 6.00. The fraction of sp³-hybridized carbons (Fsp3) is 0.667. The van der Waals surface area contributed by atoms with Crippen LogP contribution >= 0.6 is 0 Å². The SMILES string of the molecule is Cc1cncc(C(N)CC(C)CC(C)(C)C)c1. The van der Waals surface area contributed by atoms with E-state index >= 15 is 0 Å². The van der Waals surface area contributed by atoms with E-state index in [0.717, 1.165) is 12.0 Å². The molecule has 96 valence electrons. The van der Waals surface area contributed by atoms with Crippen LogP contribution < -0.4 is 5.73 Å². The van der Waals surface area contributed by atoms with Crippen molar-refractivity contribution in [1.82, 2.24) is 4.98 Å². The first-order valence-electron chi connectivity index (χ1n) is 6.45. The highest BCUT2D eigenvalue weighted by molar-refractivity contribution is 5.19. The lowest BCUT2D eigenvalue weighted by Gasteiger charge is -2.25. The molecule has 0 aliphatic rings. The maximum Gasteiger partial charge on any atom is 0.0315 e. The second-order valence-corrected chi connectivity index (χ2v) is 6.51. The summed E-state index contributed by atoms with van der Waals surface area (Å²) < 4.78 is 0. The normalized spacial score (nSPS) is 15.6. The van der Waals surface area contributed by atoms with Crippen molar-refractivity contribution in [1.29, 1.82) is 0 Å². The lowest BCUT2D eigenvalue weighted by atomic mass is 9.82. The number of nitrogens with zero attached hydrogens (tertiary/aromatic N) is 1. The minimum Gasteiger partial charge on any atom is -0.324 e. The second-order valence-electron chi connectivity index (χ2n) is 6.51. The summed E-state index contributed by atoms with van der Waals surface area (Å²) in [5.74, 6) is 0.644. The van der Waals surface area contributed by atoms with Crippen molar-refractivity contribution in [3.63, 3.8) is 0 Å². The molecule has 1 heterocycles. The van der Waals surface area contributed by atoms with Gasteiger partial charge in [0.2, 0.25) is 0 Å². The Morgan fingerprint density at radius 1 is 1.29 bits per heavy atom. The van der Waals surface area contributed by atoms with Crippen molar-refractivity contribution in [2.45, 2.75) is 53.5 Å². The standard InChI is InChI=1S/C15H26N2/c1-11(8-15(3,4)5)7-14(16)13-6-12(2)9-17-10-13/h6,9-11,14H,7-8,16H2,1-5H3. The highest BCUT2D eigenvalue weighted by Gasteiger charge is 2.18. The van der Waals surface area contributed by atoms with Gasteiger partial charge in [-0.05, 0) is 42.2 Å². The van der Waals surface area contributed by atoms with Crippen LogP contribution in [0.3, 0.4) is 0 Å². The van der Waals surface area contributed by atoms with E-state index in [0.29, 0.717) is 11.3 Å². The van der Waals surface area contributed by atoms with Gasteiger partial charge < -0.3 is 5.73 Å². The highest BCUT2D eigenvalue weighted by atomic mass is 14.7. The summed E-state index contributed by atoms with van der Waals surface area (Å²) in [5.41, 5.74) is 8.96. The Morgan fingerprint density at radius 3 is 2.47 bits per heavy atom. The predicted molar refractivity (Wildman–Crippen MR) is 73.8 cm³/mol. The van der Waals surface area contributed by atoms with Crippen molar-refractivity contribution < 1.29 is 0 Å². The lowest BCUT2D eigenvalue weighted by Crippen LogP contribution is -2.18. The van der Waals surface area contributed by atoms with E-state index in [1.54, 1.807) is 0 Å². The van der Waals surface area contributed by atoms with Gasteiger partial charge in [0.15, 0.2) is 0 Å². The van der Waals surface area contributed by atoms with E-state index in [-0.39, 0.29) is 6.04 Å². The van der Waals surface area contributed by atoms with Gasteiger partial charge in [-0.3, -0.25) is 4.98 Å². The number of aromatic nitrogens is 1. The molecule has 0 saturated heterocycles. The Morgan fingerprint density at radius 2 is 1.94 bits per heavy atom. The Hall–Kier alpha value is -0.890. The molecule has 1 aromatic heterocycles. The van der Waals surface area contributed by atoms with E-state index < -0.39 is 0 Å². The quantitative estimate of drug-likeness (QED) is 0.859. The average molecular weight is 234 g/mol. The van der Waals surface area contributed by atoms with Gasteiger partial charge in [-0.2, -0.15) is 0 Å². The van der Waals surface area contributed by atoms with Crippen LogP contribution in [0.2, 0.25) is 0 Å². The Bertz CT molecular complexity index is 352. The van der Waals surface area contributed by atoms with Gasteiger partial charge in [0.05, 0.1) is 0 Å². The van der Waals surface area contributed by atoms with Crippen LogP contribution in [-0.4, -0.2) is 4.98 Å². The van der Waals surface area contributed by atoms with Crippen molar-refractivity contribution >= 4 is 0 Å². The lowest BCUT2D eigenvalue weighted by molar-refractivity contribution is 0.286. The molecular weight excluding hydrogens is 208 g/mol. The molecule has 0 saturated carbocycles. The predicted octanol–water partition coefficient (Wildman–Crippen LogP) is 3.85. The van der Waals surface area contributed by atoms with E-state index in [2.05, 4.69) is 45.7 Å². The van der Waals surface area contributed by atoms with Gasteiger partial charge in [-0.15, -0.1) is 0 Å². The summed E-state index contributed by atoms with van der Waals surface area (Å²) in [7, 11) is 0. The number of rotatable bonds is 4. The molecule has 0 aliphatic heterocycles. The average Bonchev–Trinajstić information content (AvgIpc) is 2.14. The monoisotopic (exact) mass is 234 g/mol. The van der Waals surface area contributed by atoms with Crippen LogP contribution in [0, 0.1) is 18.3 Å². The number of hydrogen-bond donors (Lipinski definition) is 1. The number of aryl methyl sites for hydroxylation is 1. The number of hydrogen-bond acceptors (Lipinski definition) is 2. The summed E-state index contributed by atoms with van der Waals surface area (Å²) in [6.45, 7) is 11.2. The fourth-order valence-electron chi connectivity index (χ4n) is 2.48. The Kier molecular flexibility index (Phi) is 4.70.